The molecule has 0 saturated carbocycles. The number of rotatable bonds is 7. The molecule has 1 unspecified atom stereocenters. The van der Waals surface area contributed by atoms with E-state index in [4.69, 9.17) is 9.15 Å². The summed E-state index contributed by atoms with van der Waals surface area (Å²) < 4.78 is 10.3. The first-order chi connectivity index (χ1) is 10.1. The largest absolute Gasteiger partial charge is 0.459 e. The second-order valence-corrected chi connectivity index (χ2v) is 5.46. The number of hydrogen-bond acceptors (Lipinski definition) is 6. The molecule has 1 amide bonds. The average molecular weight is 310 g/mol. The van der Waals surface area contributed by atoms with Gasteiger partial charge in [-0.2, -0.15) is 0 Å². The van der Waals surface area contributed by atoms with Gasteiger partial charge in [-0.05, 0) is 25.5 Å². The highest BCUT2D eigenvalue weighted by molar-refractivity contribution is 7.13. The van der Waals surface area contributed by atoms with Crippen molar-refractivity contribution in [1.29, 1.82) is 0 Å². The molecule has 2 N–H and O–H groups in total. The van der Waals surface area contributed by atoms with E-state index in [0.29, 0.717) is 29.4 Å². The number of carbonyl (C=O) groups excluding carboxylic acids is 1. The Hall–Kier alpha value is -1.70. The number of furan rings is 1. The van der Waals surface area contributed by atoms with Crippen molar-refractivity contribution in [3.63, 3.8) is 0 Å². The summed E-state index contributed by atoms with van der Waals surface area (Å²) in [7, 11) is 1.52. The van der Waals surface area contributed by atoms with Crippen LogP contribution >= 0.6 is 11.3 Å². The van der Waals surface area contributed by atoms with Crippen LogP contribution in [-0.2, 0) is 4.74 Å². The molecule has 0 aliphatic heterocycles. The molecule has 7 heteroatoms. The number of carbonyl (C=O) groups is 1. The molecule has 0 aromatic carbocycles. The Labute approximate surface area is 126 Å². The number of hydrogen-bond donors (Lipinski definition) is 2. The van der Waals surface area contributed by atoms with Crippen LogP contribution in [0.5, 0.6) is 0 Å². The van der Waals surface area contributed by atoms with Crippen molar-refractivity contribution in [2.75, 3.05) is 20.3 Å². The second kappa shape index (κ2) is 7.35. The number of aryl methyl sites for hydroxylation is 1. The minimum absolute atomic E-state index is 0.258. The van der Waals surface area contributed by atoms with Crippen LogP contribution in [0.25, 0.3) is 10.8 Å². The van der Waals surface area contributed by atoms with E-state index >= 15 is 0 Å². The highest BCUT2D eigenvalue weighted by Crippen LogP contribution is 2.25. The topological polar surface area (TPSA) is 84.6 Å². The van der Waals surface area contributed by atoms with Crippen molar-refractivity contribution in [3.05, 3.63) is 29.0 Å². The molecule has 2 aromatic heterocycles. The van der Waals surface area contributed by atoms with Gasteiger partial charge in [0.2, 0.25) is 0 Å². The average Bonchev–Trinajstić information content (AvgIpc) is 3.07. The molecule has 2 aromatic rings. The monoisotopic (exact) mass is 310 g/mol. The highest BCUT2D eigenvalue weighted by Gasteiger charge is 2.14. The van der Waals surface area contributed by atoms with Gasteiger partial charge < -0.3 is 19.6 Å². The minimum Gasteiger partial charge on any atom is -0.459 e. The zero-order valence-corrected chi connectivity index (χ0v) is 12.8. The van der Waals surface area contributed by atoms with Gasteiger partial charge in [0, 0.05) is 19.0 Å². The number of aromatic nitrogens is 1. The Bertz CT molecular complexity index is 593. The number of nitrogens with zero attached hydrogens (tertiary/aromatic N) is 1. The highest BCUT2D eigenvalue weighted by atomic mass is 32.1. The molecule has 0 fully saturated rings. The SMILES string of the molecule is COCC(O)CCNC(=O)c1csc(-c2ccc(C)o2)n1. The van der Waals surface area contributed by atoms with Gasteiger partial charge in [0.25, 0.3) is 5.91 Å². The fourth-order valence-electron chi connectivity index (χ4n) is 1.76. The number of aliphatic hydroxyl groups is 1. The first kappa shape index (κ1) is 15.7. The van der Waals surface area contributed by atoms with Crippen molar-refractivity contribution in [1.82, 2.24) is 10.3 Å². The predicted molar refractivity (Wildman–Crippen MR) is 79.4 cm³/mol. The lowest BCUT2D eigenvalue weighted by molar-refractivity contribution is 0.0587. The van der Waals surface area contributed by atoms with E-state index in [1.54, 1.807) is 5.38 Å². The first-order valence-electron chi connectivity index (χ1n) is 6.57. The quantitative estimate of drug-likeness (QED) is 0.815. The lowest BCUT2D eigenvalue weighted by atomic mass is 10.2. The Balaban J connectivity index is 1.87. The van der Waals surface area contributed by atoms with Crippen molar-refractivity contribution in [2.24, 2.45) is 0 Å². The van der Waals surface area contributed by atoms with Crippen LogP contribution in [-0.4, -0.2) is 42.4 Å². The molecule has 0 saturated heterocycles. The van der Waals surface area contributed by atoms with Gasteiger partial charge in [0.05, 0.1) is 12.7 Å². The van der Waals surface area contributed by atoms with Crippen LogP contribution in [0.2, 0.25) is 0 Å². The van der Waals surface area contributed by atoms with Crippen LogP contribution in [0, 0.1) is 6.92 Å². The summed E-state index contributed by atoms with van der Waals surface area (Å²) >= 11 is 1.36. The summed E-state index contributed by atoms with van der Waals surface area (Å²) in [5.74, 6) is 1.20. The van der Waals surface area contributed by atoms with E-state index in [0.717, 1.165) is 5.76 Å². The molecule has 2 heterocycles. The van der Waals surface area contributed by atoms with Crippen LogP contribution in [0.3, 0.4) is 0 Å². The normalized spacial score (nSPS) is 12.3. The van der Waals surface area contributed by atoms with Crippen LogP contribution < -0.4 is 5.32 Å². The first-order valence-corrected chi connectivity index (χ1v) is 7.45. The molecule has 21 heavy (non-hydrogen) atoms. The molecule has 2 rings (SSSR count). The number of amides is 1. The Morgan fingerprint density at radius 1 is 1.57 bits per heavy atom. The van der Waals surface area contributed by atoms with Crippen molar-refractivity contribution in [3.8, 4) is 10.8 Å². The molecule has 0 aliphatic rings. The van der Waals surface area contributed by atoms with Gasteiger partial charge in [-0.1, -0.05) is 0 Å². The second-order valence-electron chi connectivity index (χ2n) is 4.60. The van der Waals surface area contributed by atoms with E-state index in [2.05, 4.69) is 10.3 Å². The van der Waals surface area contributed by atoms with E-state index in [1.165, 1.54) is 18.4 Å². The maximum atomic E-state index is 11.9. The maximum Gasteiger partial charge on any atom is 0.270 e. The van der Waals surface area contributed by atoms with Gasteiger partial charge in [-0.25, -0.2) is 4.98 Å². The lowest BCUT2D eigenvalue weighted by Gasteiger charge is -2.09. The van der Waals surface area contributed by atoms with E-state index < -0.39 is 6.10 Å². The zero-order chi connectivity index (χ0) is 15.2. The molecule has 1 atom stereocenters. The van der Waals surface area contributed by atoms with E-state index in [-0.39, 0.29) is 12.5 Å². The summed E-state index contributed by atoms with van der Waals surface area (Å²) in [4.78, 5) is 16.2. The van der Waals surface area contributed by atoms with Gasteiger partial charge >= 0.3 is 0 Å². The summed E-state index contributed by atoms with van der Waals surface area (Å²) in [6.45, 7) is 2.49. The standard InChI is InChI=1S/C14H18N2O4S/c1-9-3-4-12(20-9)14-16-11(8-21-14)13(18)15-6-5-10(17)7-19-2/h3-4,8,10,17H,5-7H2,1-2H3,(H,15,18). The Kier molecular flexibility index (Phi) is 5.49. The third-order valence-corrected chi connectivity index (χ3v) is 3.67. The Morgan fingerprint density at radius 3 is 3.05 bits per heavy atom. The summed E-state index contributed by atoms with van der Waals surface area (Å²) in [5, 5.41) is 14.6. The van der Waals surface area contributed by atoms with Gasteiger partial charge in [0.15, 0.2) is 10.8 Å². The third-order valence-electron chi connectivity index (χ3n) is 2.81. The maximum absolute atomic E-state index is 11.9. The molecule has 114 valence electrons. The number of nitrogens with one attached hydrogen (secondary N) is 1. The molecule has 0 aliphatic carbocycles. The number of aliphatic hydroxyl groups excluding tert-OH is 1. The Morgan fingerprint density at radius 2 is 2.38 bits per heavy atom. The fourth-order valence-corrected chi connectivity index (χ4v) is 2.52. The number of thiazole rings is 1. The van der Waals surface area contributed by atoms with E-state index in [1.807, 2.05) is 19.1 Å². The fraction of sp³-hybridized carbons (Fsp3) is 0.429. The van der Waals surface area contributed by atoms with Crippen molar-refractivity contribution >= 4 is 17.2 Å². The minimum atomic E-state index is -0.576. The summed E-state index contributed by atoms with van der Waals surface area (Å²) in [6.07, 6.45) is -0.138. The molecule has 6 nitrogen and oxygen atoms in total. The molecular weight excluding hydrogens is 292 g/mol. The number of ether oxygens (including phenoxy) is 1. The van der Waals surface area contributed by atoms with Crippen LogP contribution in [0.1, 0.15) is 22.7 Å². The van der Waals surface area contributed by atoms with Gasteiger partial charge in [-0.15, -0.1) is 11.3 Å². The molecule has 0 radical (unpaired) electrons. The summed E-state index contributed by atoms with van der Waals surface area (Å²) in [5.41, 5.74) is 0.352. The van der Waals surface area contributed by atoms with E-state index in [9.17, 15) is 9.90 Å². The predicted octanol–water partition coefficient (Wildman–Crippen LogP) is 1.84. The molecular formula is C14H18N2O4S. The smallest absolute Gasteiger partial charge is 0.270 e. The van der Waals surface area contributed by atoms with Crippen LogP contribution in [0.4, 0.5) is 0 Å². The lowest BCUT2D eigenvalue weighted by Crippen LogP contribution is -2.28. The van der Waals surface area contributed by atoms with Crippen molar-refractivity contribution < 1.29 is 19.1 Å². The van der Waals surface area contributed by atoms with Gasteiger partial charge in [-0.3, -0.25) is 4.79 Å². The molecule has 0 bridgehead atoms. The number of methoxy groups -OCH3 is 1. The summed E-state index contributed by atoms with van der Waals surface area (Å²) in [6, 6.07) is 3.69. The van der Waals surface area contributed by atoms with Gasteiger partial charge in [0.1, 0.15) is 11.5 Å². The van der Waals surface area contributed by atoms with Crippen molar-refractivity contribution in [2.45, 2.75) is 19.4 Å². The zero-order valence-electron chi connectivity index (χ0n) is 12.0. The van der Waals surface area contributed by atoms with Crippen LogP contribution in [0.15, 0.2) is 21.9 Å². The third kappa shape index (κ3) is 4.38. The molecule has 0 spiro atoms.